The van der Waals surface area contributed by atoms with E-state index in [0.717, 1.165) is 29.7 Å². The zero-order valence-corrected chi connectivity index (χ0v) is 11.2. The summed E-state index contributed by atoms with van der Waals surface area (Å²) in [4.78, 5) is 2.28. The van der Waals surface area contributed by atoms with E-state index in [0.29, 0.717) is 6.04 Å². The molecule has 0 aliphatic rings. The normalized spacial score (nSPS) is 10.7. The molecule has 1 aromatic rings. The number of nitrogens with zero attached hydrogens (tertiary/aromatic N) is 3. The Labute approximate surface area is 100 Å². The Morgan fingerprint density at radius 2 is 2.20 bits per heavy atom. The number of anilines is 1. The summed E-state index contributed by atoms with van der Waals surface area (Å²) < 4.78 is 0. The molecule has 0 N–H and O–H groups in total. The Morgan fingerprint density at radius 3 is 2.73 bits per heavy atom. The summed E-state index contributed by atoms with van der Waals surface area (Å²) in [5.74, 6) is 0.978. The zero-order chi connectivity index (χ0) is 11.3. The van der Waals surface area contributed by atoms with Crippen molar-refractivity contribution < 1.29 is 0 Å². The van der Waals surface area contributed by atoms with Crippen LogP contribution in [0.25, 0.3) is 0 Å². The Morgan fingerprint density at radius 1 is 1.47 bits per heavy atom. The van der Waals surface area contributed by atoms with Crippen molar-refractivity contribution in [1.29, 1.82) is 0 Å². The van der Waals surface area contributed by atoms with E-state index in [1.165, 1.54) is 0 Å². The molecule has 0 saturated heterocycles. The molecule has 4 heteroatoms. The van der Waals surface area contributed by atoms with E-state index in [1.54, 1.807) is 6.20 Å². The predicted molar refractivity (Wildman–Crippen MR) is 67.7 cm³/mol. The van der Waals surface area contributed by atoms with Gasteiger partial charge < -0.3 is 4.90 Å². The number of alkyl halides is 1. The van der Waals surface area contributed by atoms with Crippen LogP contribution in [0.3, 0.4) is 0 Å². The second kappa shape index (κ2) is 6.05. The Balaban J connectivity index is 2.79. The van der Waals surface area contributed by atoms with Gasteiger partial charge in [0.2, 0.25) is 0 Å². The largest absolute Gasteiger partial charge is 0.353 e. The first kappa shape index (κ1) is 12.4. The van der Waals surface area contributed by atoms with Gasteiger partial charge in [0.1, 0.15) is 0 Å². The number of aryl methyl sites for hydroxylation is 1. The van der Waals surface area contributed by atoms with Gasteiger partial charge in [-0.15, -0.1) is 5.10 Å². The summed E-state index contributed by atoms with van der Waals surface area (Å²) in [5.41, 5.74) is 1.16. The number of hydrogen-bond acceptors (Lipinski definition) is 3. The molecule has 84 valence electrons. The van der Waals surface area contributed by atoms with Gasteiger partial charge in [-0.3, -0.25) is 0 Å². The molecular formula is C11H18BrN3. The van der Waals surface area contributed by atoms with Gasteiger partial charge in [-0.2, -0.15) is 5.10 Å². The van der Waals surface area contributed by atoms with Crippen LogP contribution in [0.2, 0.25) is 0 Å². The fourth-order valence-electron chi connectivity index (χ4n) is 1.46. The maximum atomic E-state index is 4.17. The third-order valence-corrected chi connectivity index (χ3v) is 2.79. The van der Waals surface area contributed by atoms with E-state index in [2.05, 4.69) is 50.9 Å². The number of halogens is 1. The van der Waals surface area contributed by atoms with E-state index >= 15 is 0 Å². The highest BCUT2D eigenvalue weighted by molar-refractivity contribution is 9.09. The molecule has 15 heavy (non-hydrogen) atoms. The van der Waals surface area contributed by atoms with Crippen LogP contribution in [0, 0.1) is 6.92 Å². The highest BCUT2D eigenvalue weighted by Crippen LogP contribution is 2.14. The molecule has 1 heterocycles. The van der Waals surface area contributed by atoms with Gasteiger partial charge in [0.05, 0.1) is 6.20 Å². The molecule has 0 bridgehead atoms. The Kier molecular flexibility index (Phi) is 5.02. The van der Waals surface area contributed by atoms with Crippen molar-refractivity contribution in [3.8, 4) is 0 Å². The maximum absolute atomic E-state index is 4.17. The van der Waals surface area contributed by atoms with Crippen LogP contribution in [0.1, 0.15) is 25.8 Å². The first-order valence-corrected chi connectivity index (χ1v) is 6.39. The highest BCUT2D eigenvalue weighted by atomic mass is 79.9. The van der Waals surface area contributed by atoms with Gasteiger partial charge in [-0.25, -0.2) is 0 Å². The molecule has 0 fully saturated rings. The molecule has 0 unspecified atom stereocenters. The molecule has 0 radical (unpaired) electrons. The van der Waals surface area contributed by atoms with Crippen LogP contribution in [0.15, 0.2) is 12.3 Å². The van der Waals surface area contributed by atoms with Crippen molar-refractivity contribution >= 4 is 21.7 Å². The molecule has 0 aliphatic carbocycles. The first-order valence-electron chi connectivity index (χ1n) is 5.27. The summed E-state index contributed by atoms with van der Waals surface area (Å²) in [7, 11) is 0. The second-order valence-corrected chi connectivity index (χ2v) is 4.71. The van der Waals surface area contributed by atoms with Gasteiger partial charge in [-0.1, -0.05) is 15.9 Å². The molecule has 0 saturated carbocycles. The first-order chi connectivity index (χ1) is 7.15. The maximum Gasteiger partial charge on any atom is 0.151 e. The lowest BCUT2D eigenvalue weighted by molar-refractivity contribution is 0.658. The van der Waals surface area contributed by atoms with Crippen molar-refractivity contribution in [2.45, 2.75) is 33.2 Å². The molecule has 1 aromatic heterocycles. The van der Waals surface area contributed by atoms with Gasteiger partial charge in [-0.05, 0) is 38.8 Å². The van der Waals surface area contributed by atoms with Crippen molar-refractivity contribution in [2.75, 3.05) is 16.8 Å². The minimum Gasteiger partial charge on any atom is -0.353 e. The van der Waals surface area contributed by atoms with Crippen LogP contribution < -0.4 is 4.90 Å². The van der Waals surface area contributed by atoms with E-state index in [4.69, 9.17) is 0 Å². The lowest BCUT2D eigenvalue weighted by Gasteiger charge is -2.27. The van der Waals surface area contributed by atoms with Gasteiger partial charge in [0, 0.05) is 17.9 Å². The Bertz CT molecular complexity index is 302. The summed E-state index contributed by atoms with van der Waals surface area (Å²) in [6.07, 6.45) is 2.90. The molecule has 3 nitrogen and oxygen atoms in total. The average molecular weight is 272 g/mol. The lowest BCUT2D eigenvalue weighted by Crippen LogP contribution is -2.32. The molecule has 0 atom stereocenters. The van der Waals surface area contributed by atoms with Crippen LogP contribution in [-0.4, -0.2) is 28.1 Å². The summed E-state index contributed by atoms with van der Waals surface area (Å²) >= 11 is 3.45. The molecule has 0 spiro atoms. The van der Waals surface area contributed by atoms with Gasteiger partial charge in [0.25, 0.3) is 0 Å². The van der Waals surface area contributed by atoms with Crippen LogP contribution >= 0.6 is 15.9 Å². The smallest absolute Gasteiger partial charge is 0.151 e. The van der Waals surface area contributed by atoms with Crippen molar-refractivity contribution in [3.05, 3.63) is 17.8 Å². The van der Waals surface area contributed by atoms with Crippen molar-refractivity contribution in [3.63, 3.8) is 0 Å². The summed E-state index contributed by atoms with van der Waals surface area (Å²) in [6, 6.07) is 2.54. The zero-order valence-electron chi connectivity index (χ0n) is 9.57. The second-order valence-electron chi connectivity index (χ2n) is 3.92. The van der Waals surface area contributed by atoms with E-state index in [1.807, 2.05) is 6.92 Å². The standard InChI is InChI=1S/C11H18BrN3/c1-9(2)15(6-4-5-12)11-7-10(3)8-13-14-11/h7-9H,4-6H2,1-3H3. The number of aromatic nitrogens is 2. The van der Waals surface area contributed by atoms with Gasteiger partial charge >= 0.3 is 0 Å². The Hall–Kier alpha value is -0.640. The molecular weight excluding hydrogens is 254 g/mol. The number of hydrogen-bond donors (Lipinski definition) is 0. The van der Waals surface area contributed by atoms with Crippen molar-refractivity contribution in [1.82, 2.24) is 10.2 Å². The molecule has 0 aliphatic heterocycles. The third kappa shape index (κ3) is 3.78. The summed E-state index contributed by atoms with van der Waals surface area (Å²) in [6.45, 7) is 7.42. The van der Waals surface area contributed by atoms with E-state index in [9.17, 15) is 0 Å². The minimum atomic E-state index is 0.458. The van der Waals surface area contributed by atoms with Crippen LogP contribution in [-0.2, 0) is 0 Å². The monoisotopic (exact) mass is 271 g/mol. The average Bonchev–Trinajstić information content (AvgIpc) is 2.18. The molecule has 1 rings (SSSR count). The minimum absolute atomic E-state index is 0.458. The van der Waals surface area contributed by atoms with E-state index < -0.39 is 0 Å². The fraction of sp³-hybridized carbons (Fsp3) is 0.636. The molecule has 0 amide bonds. The third-order valence-electron chi connectivity index (χ3n) is 2.23. The SMILES string of the molecule is Cc1cnnc(N(CCCBr)C(C)C)c1. The topological polar surface area (TPSA) is 29.0 Å². The van der Waals surface area contributed by atoms with Gasteiger partial charge in [0.15, 0.2) is 5.82 Å². The molecule has 0 aromatic carbocycles. The lowest BCUT2D eigenvalue weighted by atomic mass is 10.2. The predicted octanol–water partition coefficient (Wildman–Crippen LogP) is 2.78. The van der Waals surface area contributed by atoms with E-state index in [-0.39, 0.29) is 0 Å². The number of rotatable bonds is 5. The quantitative estimate of drug-likeness (QED) is 0.772. The summed E-state index contributed by atoms with van der Waals surface area (Å²) in [5, 5.41) is 9.19. The van der Waals surface area contributed by atoms with Crippen LogP contribution in [0.4, 0.5) is 5.82 Å². The highest BCUT2D eigenvalue weighted by Gasteiger charge is 2.11. The fourth-order valence-corrected chi connectivity index (χ4v) is 1.71. The van der Waals surface area contributed by atoms with Crippen molar-refractivity contribution in [2.24, 2.45) is 0 Å². The van der Waals surface area contributed by atoms with Crippen LogP contribution in [0.5, 0.6) is 0 Å².